The molecular formula is C42H37ClF2N14. The second-order valence-corrected chi connectivity index (χ2v) is 14.0. The lowest BCUT2D eigenvalue weighted by Gasteiger charge is -2.10. The summed E-state index contributed by atoms with van der Waals surface area (Å²) in [5.41, 5.74) is 16.9. The first-order valence-electron chi connectivity index (χ1n) is 18.8. The third-order valence-corrected chi connectivity index (χ3v) is 9.84. The molecule has 59 heavy (non-hydrogen) atoms. The molecular weight excluding hydrogens is 774 g/mol. The molecule has 296 valence electrons. The monoisotopic (exact) mass is 810 g/mol. The Hall–Kier alpha value is -6.91. The number of fused-ring (bicyclic) bond motifs is 4. The fourth-order valence-corrected chi connectivity index (χ4v) is 6.94. The third kappa shape index (κ3) is 8.54. The number of hydrogen-bond acceptors (Lipinski definition) is 12. The van der Waals surface area contributed by atoms with Gasteiger partial charge in [-0.15, -0.1) is 0 Å². The van der Waals surface area contributed by atoms with Crippen molar-refractivity contribution in [1.29, 1.82) is 0 Å². The van der Waals surface area contributed by atoms with Crippen LogP contribution in [0, 0.1) is 25.5 Å². The lowest BCUT2D eigenvalue weighted by molar-refractivity contribution is 0.621. The Morgan fingerprint density at radius 2 is 1.24 bits per heavy atom. The summed E-state index contributed by atoms with van der Waals surface area (Å²) < 4.78 is 29.8. The molecule has 0 aromatic carbocycles. The van der Waals surface area contributed by atoms with Crippen molar-refractivity contribution in [3.05, 3.63) is 149 Å². The number of pyridine rings is 4. The van der Waals surface area contributed by atoms with Crippen LogP contribution in [-0.4, -0.2) is 72.2 Å². The van der Waals surface area contributed by atoms with Crippen LogP contribution in [-0.2, 0) is 12.8 Å². The molecule has 3 N–H and O–H groups in total. The molecule has 2 aliphatic carbocycles. The topological polar surface area (TPSA) is 176 Å². The lowest BCUT2D eigenvalue weighted by atomic mass is 10.1. The number of anilines is 1. The summed E-state index contributed by atoms with van der Waals surface area (Å²) in [7, 11) is 0. The van der Waals surface area contributed by atoms with Crippen LogP contribution >= 0.6 is 11.6 Å². The van der Waals surface area contributed by atoms with Gasteiger partial charge in [-0.2, -0.15) is 29.2 Å². The minimum Gasteiger partial charge on any atom is -0.354 e. The van der Waals surface area contributed by atoms with Crippen LogP contribution in [0.3, 0.4) is 0 Å². The van der Waals surface area contributed by atoms with E-state index in [1.807, 2.05) is 38.4 Å². The largest absolute Gasteiger partial charge is 0.354 e. The van der Waals surface area contributed by atoms with Crippen molar-refractivity contribution in [2.45, 2.75) is 39.5 Å². The number of rotatable bonds is 8. The van der Waals surface area contributed by atoms with Gasteiger partial charge in [0, 0.05) is 53.6 Å². The highest BCUT2D eigenvalue weighted by Gasteiger charge is 2.17. The van der Waals surface area contributed by atoms with Crippen LogP contribution < -0.4 is 11.1 Å². The first kappa shape index (κ1) is 38.9. The summed E-state index contributed by atoms with van der Waals surface area (Å²) >= 11 is 6.00. The molecule has 8 heterocycles. The van der Waals surface area contributed by atoms with Gasteiger partial charge in [0.1, 0.15) is 11.6 Å². The first-order valence-corrected chi connectivity index (χ1v) is 19.2. The maximum absolute atomic E-state index is 13.6. The molecule has 17 heteroatoms. The van der Waals surface area contributed by atoms with Crippen LogP contribution in [0.5, 0.6) is 0 Å². The molecule has 0 amide bonds. The Kier molecular flexibility index (Phi) is 11.4. The van der Waals surface area contributed by atoms with Gasteiger partial charge in [-0.1, -0.05) is 24.3 Å². The van der Waals surface area contributed by atoms with Gasteiger partial charge in [0.2, 0.25) is 11.2 Å². The van der Waals surface area contributed by atoms with E-state index in [0.717, 1.165) is 60.6 Å². The molecule has 0 saturated heterocycles. The summed E-state index contributed by atoms with van der Waals surface area (Å²) in [4.78, 5) is 34.0. The fourth-order valence-electron chi connectivity index (χ4n) is 6.73. The van der Waals surface area contributed by atoms with Crippen LogP contribution in [0.25, 0.3) is 45.2 Å². The molecule has 2 aliphatic rings. The molecule has 0 bridgehead atoms. The highest BCUT2D eigenvalue weighted by molar-refractivity contribution is 6.28. The van der Waals surface area contributed by atoms with Gasteiger partial charge < -0.3 is 11.1 Å². The molecule has 0 fully saturated rings. The van der Waals surface area contributed by atoms with E-state index < -0.39 is 11.6 Å². The number of allylic oxidation sites excluding steroid dienone is 2. The zero-order valence-electron chi connectivity index (χ0n) is 32.1. The summed E-state index contributed by atoms with van der Waals surface area (Å²) in [6, 6.07) is 10.9. The molecule has 0 aliphatic heterocycles. The van der Waals surface area contributed by atoms with Gasteiger partial charge in [-0.3, -0.25) is 19.9 Å². The quantitative estimate of drug-likeness (QED) is 0.159. The van der Waals surface area contributed by atoms with E-state index in [-0.39, 0.29) is 5.28 Å². The van der Waals surface area contributed by atoms with Crippen molar-refractivity contribution in [2.75, 3.05) is 18.4 Å². The minimum absolute atomic E-state index is 0.173. The van der Waals surface area contributed by atoms with Crippen molar-refractivity contribution in [3.8, 4) is 22.8 Å². The van der Waals surface area contributed by atoms with E-state index in [4.69, 9.17) is 17.3 Å². The van der Waals surface area contributed by atoms with Crippen LogP contribution in [0.4, 0.5) is 14.7 Å². The van der Waals surface area contributed by atoms with Crippen molar-refractivity contribution in [3.63, 3.8) is 0 Å². The predicted molar refractivity (Wildman–Crippen MR) is 221 cm³/mol. The third-order valence-electron chi connectivity index (χ3n) is 9.59. The van der Waals surface area contributed by atoms with Crippen molar-refractivity contribution < 1.29 is 8.78 Å². The molecule has 8 aromatic rings. The Balaban J connectivity index is 0.000000137. The summed E-state index contributed by atoms with van der Waals surface area (Å²) in [5.74, 6) is 0.412. The Morgan fingerprint density at radius 1 is 0.695 bits per heavy atom. The summed E-state index contributed by atoms with van der Waals surface area (Å²) in [6.07, 6.45) is 20.5. The van der Waals surface area contributed by atoms with Crippen molar-refractivity contribution in [1.82, 2.24) is 59.1 Å². The Bertz CT molecular complexity index is 2870. The minimum atomic E-state index is -0.447. The second kappa shape index (κ2) is 17.3. The van der Waals surface area contributed by atoms with E-state index in [1.165, 1.54) is 45.1 Å². The molecule has 0 radical (unpaired) electrons. The number of halogens is 3. The average Bonchev–Trinajstić information content (AvgIpc) is 4.05. The van der Waals surface area contributed by atoms with Gasteiger partial charge in [0.15, 0.2) is 22.9 Å². The van der Waals surface area contributed by atoms with E-state index in [9.17, 15) is 8.78 Å². The molecule has 0 atom stereocenters. The van der Waals surface area contributed by atoms with Gasteiger partial charge >= 0.3 is 0 Å². The molecule has 10 rings (SSSR count). The number of hydrogen-bond donors (Lipinski definition) is 2. The maximum Gasteiger partial charge on any atom is 0.227 e. The number of nitrogens with two attached hydrogens (primary N) is 1. The van der Waals surface area contributed by atoms with Crippen molar-refractivity contribution in [2.24, 2.45) is 5.73 Å². The Labute approximate surface area is 342 Å². The zero-order chi connectivity index (χ0) is 40.9. The van der Waals surface area contributed by atoms with Crippen LogP contribution in [0.2, 0.25) is 5.28 Å². The average molecular weight is 811 g/mol. The highest BCUT2D eigenvalue weighted by atomic mass is 35.5. The number of nitrogens with one attached hydrogen (secondary N) is 1. The first-order chi connectivity index (χ1) is 28.7. The predicted octanol–water partition coefficient (Wildman–Crippen LogP) is 7.13. The second-order valence-electron chi connectivity index (χ2n) is 13.7. The van der Waals surface area contributed by atoms with Crippen molar-refractivity contribution >= 4 is 40.0 Å². The smallest absolute Gasteiger partial charge is 0.227 e. The molecule has 14 nitrogen and oxygen atoms in total. The zero-order valence-corrected chi connectivity index (χ0v) is 32.8. The number of aryl methyl sites for hydroxylation is 2. The maximum atomic E-state index is 13.6. The SMILES string of the molecule is Cc1cnn2c(Cl)nc(-c3cncc(F)c3)nc12.Cc1cnn2c(NCCC3=CCc4cccnc43)nc(-c3cncc(F)c3)nc12.NCCC1=CCc2cccnc21. The molecule has 0 saturated carbocycles. The fraction of sp³-hybridized carbons (Fsp3) is 0.190. The normalized spacial score (nSPS) is 12.6. The van der Waals surface area contributed by atoms with Gasteiger partial charge in [0.25, 0.3) is 0 Å². The van der Waals surface area contributed by atoms with Gasteiger partial charge in [0.05, 0.1) is 36.2 Å². The highest BCUT2D eigenvalue weighted by Crippen LogP contribution is 2.29. The van der Waals surface area contributed by atoms with E-state index >= 15 is 0 Å². The standard InChI is InChI=1S/C21H18FN7.C11H7ClFN5.C10H12N2/c1-13-10-26-29-20(13)27-19(16-9-17(22)12-23-11-16)28-21(29)25-8-6-15-5-4-14-3-2-7-24-18(14)15;1-6-3-15-18-10(6)16-9(17-11(18)12)7-2-8(13)5-14-4-7;11-6-5-9-4-3-8-2-1-7-12-10(8)9/h2-3,5,7,9-12H,4,6,8H2,1H3,(H,25,27,28);2-5H,1H3;1-2,4,7H,3,5-6,11H2. The van der Waals surface area contributed by atoms with Crippen LogP contribution in [0.15, 0.2) is 98.1 Å². The summed E-state index contributed by atoms with van der Waals surface area (Å²) in [5, 5.41) is 11.9. The lowest BCUT2D eigenvalue weighted by Crippen LogP contribution is -2.11. The van der Waals surface area contributed by atoms with Crippen LogP contribution in [0.1, 0.15) is 46.5 Å². The van der Waals surface area contributed by atoms with Gasteiger partial charge in [-0.05, 0) is 104 Å². The molecule has 0 unspecified atom stereocenters. The number of nitrogens with zero attached hydrogens (tertiary/aromatic N) is 12. The number of aromatic nitrogens is 12. The van der Waals surface area contributed by atoms with E-state index in [1.54, 1.807) is 23.1 Å². The summed E-state index contributed by atoms with van der Waals surface area (Å²) in [6.45, 7) is 5.16. The molecule has 8 aromatic heterocycles. The molecule has 0 spiro atoms. The van der Waals surface area contributed by atoms with Gasteiger partial charge in [-0.25, -0.2) is 18.7 Å². The Morgan fingerprint density at radius 3 is 1.81 bits per heavy atom. The van der Waals surface area contributed by atoms with E-state index in [2.05, 4.69) is 79.7 Å². The van der Waals surface area contributed by atoms with E-state index in [0.29, 0.717) is 53.1 Å².